The standard InChI is InChI=1S/C15H17NO2/c1-5-12-14(17)18-13(16-12)10-6-8-11(9-7-10)15(2,3)4/h5-9H,1-4H3/b12-5+. The van der Waals surface area contributed by atoms with Gasteiger partial charge in [-0.2, -0.15) is 0 Å². The maximum atomic E-state index is 11.4. The number of ether oxygens (including phenoxy) is 1. The van der Waals surface area contributed by atoms with Gasteiger partial charge in [0.1, 0.15) is 5.70 Å². The van der Waals surface area contributed by atoms with Crippen molar-refractivity contribution < 1.29 is 9.53 Å². The van der Waals surface area contributed by atoms with Crippen LogP contribution in [-0.4, -0.2) is 11.9 Å². The first-order valence-electron chi connectivity index (χ1n) is 6.00. The number of benzene rings is 1. The number of aliphatic imine (C=N–C) groups is 1. The Morgan fingerprint density at radius 1 is 1.17 bits per heavy atom. The third-order valence-corrected chi connectivity index (χ3v) is 2.89. The van der Waals surface area contributed by atoms with Gasteiger partial charge in [-0.1, -0.05) is 39.0 Å². The van der Waals surface area contributed by atoms with Crippen molar-refractivity contribution in [2.75, 3.05) is 0 Å². The van der Waals surface area contributed by atoms with E-state index in [1.165, 1.54) is 5.56 Å². The first-order chi connectivity index (χ1) is 8.41. The van der Waals surface area contributed by atoms with E-state index < -0.39 is 0 Å². The first-order valence-corrected chi connectivity index (χ1v) is 6.00. The van der Waals surface area contributed by atoms with Gasteiger partial charge in [-0.3, -0.25) is 0 Å². The van der Waals surface area contributed by atoms with Crippen LogP contribution in [0.25, 0.3) is 0 Å². The molecule has 1 aromatic carbocycles. The minimum absolute atomic E-state index is 0.112. The van der Waals surface area contributed by atoms with Crippen LogP contribution in [0.2, 0.25) is 0 Å². The smallest absolute Gasteiger partial charge is 0.363 e. The molecule has 0 unspecified atom stereocenters. The van der Waals surface area contributed by atoms with E-state index in [4.69, 9.17) is 4.74 Å². The summed E-state index contributed by atoms with van der Waals surface area (Å²) in [7, 11) is 0. The monoisotopic (exact) mass is 243 g/mol. The Hall–Kier alpha value is -1.90. The topological polar surface area (TPSA) is 38.7 Å². The van der Waals surface area contributed by atoms with Crippen molar-refractivity contribution in [3.05, 3.63) is 47.2 Å². The van der Waals surface area contributed by atoms with Crippen molar-refractivity contribution in [3.8, 4) is 0 Å². The van der Waals surface area contributed by atoms with E-state index in [-0.39, 0.29) is 11.4 Å². The summed E-state index contributed by atoms with van der Waals surface area (Å²) in [6.07, 6.45) is 1.65. The van der Waals surface area contributed by atoms with Gasteiger partial charge in [0.2, 0.25) is 5.90 Å². The largest absolute Gasteiger partial charge is 0.402 e. The van der Waals surface area contributed by atoms with Gasteiger partial charge in [0.05, 0.1) is 0 Å². The van der Waals surface area contributed by atoms with E-state index in [0.717, 1.165) is 5.56 Å². The highest BCUT2D eigenvalue weighted by Crippen LogP contribution is 2.23. The quantitative estimate of drug-likeness (QED) is 0.561. The highest BCUT2D eigenvalue weighted by Gasteiger charge is 2.23. The van der Waals surface area contributed by atoms with Crippen molar-refractivity contribution in [1.82, 2.24) is 0 Å². The van der Waals surface area contributed by atoms with E-state index in [0.29, 0.717) is 11.6 Å². The SMILES string of the molecule is C/C=C1/N=C(c2ccc(C(C)(C)C)cc2)OC1=O. The minimum atomic E-state index is -0.382. The van der Waals surface area contributed by atoms with Crippen molar-refractivity contribution in [3.63, 3.8) is 0 Å². The molecule has 3 nitrogen and oxygen atoms in total. The van der Waals surface area contributed by atoms with Crippen LogP contribution in [0.15, 0.2) is 41.0 Å². The summed E-state index contributed by atoms with van der Waals surface area (Å²) in [6.45, 7) is 8.25. The number of cyclic esters (lactones) is 1. The molecule has 0 saturated heterocycles. The summed E-state index contributed by atoms with van der Waals surface area (Å²) in [6, 6.07) is 7.95. The van der Waals surface area contributed by atoms with Crippen LogP contribution in [0.5, 0.6) is 0 Å². The van der Waals surface area contributed by atoms with E-state index in [1.54, 1.807) is 13.0 Å². The average molecular weight is 243 g/mol. The summed E-state index contributed by atoms with van der Waals surface area (Å²) >= 11 is 0. The number of allylic oxidation sites excluding steroid dienone is 1. The predicted molar refractivity (Wildman–Crippen MR) is 71.5 cm³/mol. The highest BCUT2D eigenvalue weighted by atomic mass is 16.6. The molecule has 0 bridgehead atoms. The highest BCUT2D eigenvalue weighted by molar-refractivity contribution is 6.11. The van der Waals surface area contributed by atoms with Gasteiger partial charge >= 0.3 is 5.97 Å². The molecule has 0 aliphatic carbocycles. The lowest BCUT2D eigenvalue weighted by atomic mass is 9.87. The molecule has 0 fully saturated rings. The molecule has 2 rings (SSSR count). The van der Waals surface area contributed by atoms with Crippen LogP contribution in [-0.2, 0) is 14.9 Å². The third kappa shape index (κ3) is 2.35. The van der Waals surface area contributed by atoms with Gasteiger partial charge in [-0.25, -0.2) is 9.79 Å². The minimum Gasteiger partial charge on any atom is -0.402 e. The number of hydrogen-bond acceptors (Lipinski definition) is 3. The lowest BCUT2D eigenvalue weighted by Crippen LogP contribution is -2.11. The molecule has 0 saturated carbocycles. The maximum absolute atomic E-state index is 11.4. The van der Waals surface area contributed by atoms with Crippen LogP contribution in [0, 0.1) is 0 Å². The summed E-state index contributed by atoms with van der Waals surface area (Å²) in [5, 5.41) is 0. The molecule has 1 aliphatic heterocycles. The molecule has 1 heterocycles. The lowest BCUT2D eigenvalue weighted by molar-refractivity contribution is -0.130. The number of nitrogens with zero attached hydrogens (tertiary/aromatic N) is 1. The molecule has 0 N–H and O–H groups in total. The number of hydrogen-bond donors (Lipinski definition) is 0. The van der Waals surface area contributed by atoms with Gasteiger partial charge < -0.3 is 4.74 Å². The zero-order valence-electron chi connectivity index (χ0n) is 11.2. The van der Waals surface area contributed by atoms with Gasteiger partial charge in [0.25, 0.3) is 0 Å². The van der Waals surface area contributed by atoms with Crippen molar-refractivity contribution in [2.24, 2.45) is 4.99 Å². The first kappa shape index (κ1) is 12.6. The van der Waals surface area contributed by atoms with Gasteiger partial charge in [-0.05, 0) is 30.0 Å². The Labute approximate surface area is 107 Å². The van der Waals surface area contributed by atoms with Crippen LogP contribution < -0.4 is 0 Å². The van der Waals surface area contributed by atoms with Crippen LogP contribution >= 0.6 is 0 Å². The molecular formula is C15H17NO2. The number of carbonyl (C=O) groups is 1. The Morgan fingerprint density at radius 3 is 2.22 bits per heavy atom. The molecule has 0 radical (unpaired) electrons. The number of esters is 1. The molecule has 0 amide bonds. The second-order valence-corrected chi connectivity index (χ2v) is 5.31. The lowest BCUT2D eigenvalue weighted by Gasteiger charge is -2.18. The zero-order chi connectivity index (χ0) is 13.3. The summed E-state index contributed by atoms with van der Waals surface area (Å²) in [5.74, 6) is 0.000886. The van der Waals surface area contributed by atoms with Crippen molar-refractivity contribution in [2.45, 2.75) is 33.1 Å². The molecule has 1 aliphatic rings. The van der Waals surface area contributed by atoms with Crippen LogP contribution in [0.3, 0.4) is 0 Å². The Bertz CT molecular complexity index is 531. The molecule has 18 heavy (non-hydrogen) atoms. The summed E-state index contributed by atoms with van der Waals surface area (Å²) in [5.41, 5.74) is 2.54. The average Bonchev–Trinajstić information content (AvgIpc) is 2.69. The Kier molecular flexibility index (Phi) is 3.07. The van der Waals surface area contributed by atoms with E-state index in [9.17, 15) is 4.79 Å². The molecule has 0 atom stereocenters. The Balaban J connectivity index is 2.30. The summed E-state index contributed by atoms with van der Waals surface area (Å²) < 4.78 is 5.12. The second kappa shape index (κ2) is 4.41. The Morgan fingerprint density at radius 2 is 1.78 bits per heavy atom. The van der Waals surface area contributed by atoms with Gasteiger partial charge in [0, 0.05) is 5.56 Å². The number of rotatable bonds is 1. The molecular weight excluding hydrogens is 226 g/mol. The van der Waals surface area contributed by atoms with Crippen molar-refractivity contribution in [1.29, 1.82) is 0 Å². The van der Waals surface area contributed by atoms with E-state index in [1.807, 2.05) is 24.3 Å². The van der Waals surface area contributed by atoms with E-state index in [2.05, 4.69) is 25.8 Å². The normalized spacial score (nSPS) is 17.9. The van der Waals surface area contributed by atoms with E-state index >= 15 is 0 Å². The molecule has 1 aromatic rings. The molecule has 0 aromatic heterocycles. The predicted octanol–water partition coefficient (Wildman–Crippen LogP) is 3.19. The van der Waals surface area contributed by atoms with Crippen LogP contribution in [0.1, 0.15) is 38.8 Å². The van der Waals surface area contributed by atoms with Crippen LogP contribution in [0.4, 0.5) is 0 Å². The third-order valence-electron chi connectivity index (χ3n) is 2.89. The zero-order valence-corrected chi connectivity index (χ0v) is 11.2. The van der Waals surface area contributed by atoms with Gasteiger partial charge in [0.15, 0.2) is 0 Å². The molecule has 3 heteroatoms. The fourth-order valence-corrected chi connectivity index (χ4v) is 1.74. The fourth-order valence-electron chi connectivity index (χ4n) is 1.74. The molecule has 0 spiro atoms. The molecule has 94 valence electrons. The summed E-state index contributed by atoms with van der Waals surface area (Å²) in [4.78, 5) is 15.6. The van der Waals surface area contributed by atoms with Crippen molar-refractivity contribution >= 4 is 11.9 Å². The van der Waals surface area contributed by atoms with Gasteiger partial charge in [-0.15, -0.1) is 0 Å². The maximum Gasteiger partial charge on any atom is 0.363 e. The second-order valence-electron chi connectivity index (χ2n) is 5.31. The number of carbonyl (C=O) groups excluding carboxylic acids is 1. The fraction of sp³-hybridized carbons (Fsp3) is 0.333.